The fourth-order valence-corrected chi connectivity index (χ4v) is 3.47. The summed E-state index contributed by atoms with van der Waals surface area (Å²) >= 11 is 0. The molecular formula is C14H26N2O2. The normalized spacial score (nSPS) is 31.3. The van der Waals surface area contributed by atoms with Gasteiger partial charge in [-0.05, 0) is 32.1 Å². The lowest BCUT2D eigenvalue weighted by atomic mass is 9.85. The zero-order valence-electron chi connectivity index (χ0n) is 11.4. The molecule has 3 N–H and O–H groups in total. The fraction of sp³-hybridized carbons (Fsp3) is 0.929. The van der Waals surface area contributed by atoms with Crippen LogP contribution in [-0.4, -0.2) is 41.1 Å². The van der Waals surface area contributed by atoms with Crippen molar-refractivity contribution in [2.24, 2.45) is 11.7 Å². The summed E-state index contributed by atoms with van der Waals surface area (Å²) in [5.41, 5.74) is 5.29. The van der Waals surface area contributed by atoms with E-state index in [0.717, 1.165) is 51.4 Å². The van der Waals surface area contributed by atoms with Gasteiger partial charge in [-0.1, -0.05) is 19.3 Å². The molecule has 1 amide bonds. The molecule has 18 heavy (non-hydrogen) atoms. The molecule has 2 aliphatic rings. The predicted octanol–water partition coefficient (Wildman–Crippen LogP) is 1.27. The summed E-state index contributed by atoms with van der Waals surface area (Å²) in [6.45, 7) is 0.484. The molecule has 0 saturated heterocycles. The Morgan fingerprint density at radius 2 is 2.00 bits per heavy atom. The van der Waals surface area contributed by atoms with Crippen molar-refractivity contribution in [2.75, 3.05) is 13.6 Å². The third-order valence-electron chi connectivity index (χ3n) is 4.51. The van der Waals surface area contributed by atoms with Gasteiger partial charge in [0, 0.05) is 25.6 Å². The average molecular weight is 254 g/mol. The number of rotatable bonds is 3. The quantitative estimate of drug-likeness (QED) is 0.797. The number of likely N-dealkylation sites (N-methyl/N-ethyl adjacent to an activating group) is 1. The molecule has 4 nitrogen and oxygen atoms in total. The molecule has 0 aromatic heterocycles. The van der Waals surface area contributed by atoms with Gasteiger partial charge in [-0.2, -0.15) is 0 Å². The summed E-state index contributed by atoms with van der Waals surface area (Å²) in [6, 6.07) is 0.177. The number of carbonyl (C=O) groups excluding carboxylic acids is 1. The van der Waals surface area contributed by atoms with Gasteiger partial charge in [0.25, 0.3) is 0 Å². The van der Waals surface area contributed by atoms with Crippen LogP contribution in [0.2, 0.25) is 0 Å². The number of hydrogen-bond acceptors (Lipinski definition) is 3. The number of amides is 1. The third-order valence-corrected chi connectivity index (χ3v) is 4.51. The Balaban J connectivity index is 1.87. The van der Waals surface area contributed by atoms with Gasteiger partial charge in [0.1, 0.15) is 0 Å². The Morgan fingerprint density at radius 3 is 2.61 bits per heavy atom. The van der Waals surface area contributed by atoms with E-state index in [4.69, 9.17) is 5.73 Å². The van der Waals surface area contributed by atoms with Gasteiger partial charge in [-0.15, -0.1) is 0 Å². The smallest absolute Gasteiger partial charge is 0.225 e. The van der Waals surface area contributed by atoms with Gasteiger partial charge in [0.15, 0.2) is 0 Å². The number of nitrogens with two attached hydrogens (primary N) is 1. The molecule has 2 fully saturated rings. The molecule has 2 rings (SSSR count). The first-order valence-electron chi connectivity index (χ1n) is 7.23. The monoisotopic (exact) mass is 254 g/mol. The van der Waals surface area contributed by atoms with Crippen LogP contribution in [-0.2, 0) is 4.79 Å². The molecule has 0 radical (unpaired) electrons. The number of hydrogen-bond donors (Lipinski definition) is 2. The number of aliphatic hydroxyl groups is 1. The topological polar surface area (TPSA) is 66.6 Å². The summed E-state index contributed by atoms with van der Waals surface area (Å²) in [7, 11) is 1.82. The minimum absolute atomic E-state index is 0.0729. The van der Waals surface area contributed by atoms with Crippen LogP contribution >= 0.6 is 0 Å². The van der Waals surface area contributed by atoms with Gasteiger partial charge in [-0.3, -0.25) is 4.79 Å². The van der Waals surface area contributed by atoms with E-state index >= 15 is 0 Å². The maximum absolute atomic E-state index is 12.3. The molecule has 0 spiro atoms. The second kappa shape index (κ2) is 5.57. The van der Waals surface area contributed by atoms with E-state index < -0.39 is 5.60 Å². The van der Waals surface area contributed by atoms with E-state index in [1.54, 1.807) is 4.90 Å². The summed E-state index contributed by atoms with van der Waals surface area (Å²) < 4.78 is 0. The molecule has 2 unspecified atom stereocenters. The Bertz CT molecular complexity index is 300. The second-order valence-corrected chi connectivity index (χ2v) is 6.25. The van der Waals surface area contributed by atoms with E-state index in [9.17, 15) is 9.90 Å². The second-order valence-electron chi connectivity index (χ2n) is 6.25. The van der Waals surface area contributed by atoms with E-state index in [-0.39, 0.29) is 17.9 Å². The molecule has 0 bridgehead atoms. The van der Waals surface area contributed by atoms with E-state index in [0.29, 0.717) is 6.54 Å². The molecule has 0 aromatic rings. The molecule has 2 saturated carbocycles. The molecule has 0 aromatic carbocycles. The van der Waals surface area contributed by atoms with Crippen molar-refractivity contribution in [3.8, 4) is 0 Å². The zero-order chi connectivity index (χ0) is 13.2. The van der Waals surface area contributed by atoms with Crippen molar-refractivity contribution >= 4 is 5.91 Å². The van der Waals surface area contributed by atoms with E-state index in [1.165, 1.54) is 0 Å². The van der Waals surface area contributed by atoms with Gasteiger partial charge < -0.3 is 15.7 Å². The van der Waals surface area contributed by atoms with E-state index in [1.807, 2.05) is 7.05 Å². The van der Waals surface area contributed by atoms with Crippen molar-refractivity contribution in [1.82, 2.24) is 4.90 Å². The minimum Gasteiger partial charge on any atom is -0.388 e. The summed E-state index contributed by atoms with van der Waals surface area (Å²) in [6.07, 6.45) is 7.66. The first-order valence-corrected chi connectivity index (χ1v) is 7.23. The molecule has 2 aliphatic carbocycles. The fourth-order valence-electron chi connectivity index (χ4n) is 3.47. The Hall–Kier alpha value is -0.610. The maximum atomic E-state index is 12.3. The first kappa shape index (κ1) is 13.8. The lowest BCUT2D eigenvalue weighted by Crippen LogP contribution is -2.45. The first-order chi connectivity index (χ1) is 8.50. The maximum Gasteiger partial charge on any atom is 0.225 e. The van der Waals surface area contributed by atoms with Crippen LogP contribution in [0.25, 0.3) is 0 Å². The molecular weight excluding hydrogens is 228 g/mol. The zero-order valence-corrected chi connectivity index (χ0v) is 11.4. The van der Waals surface area contributed by atoms with E-state index in [2.05, 4.69) is 0 Å². The van der Waals surface area contributed by atoms with Gasteiger partial charge in [0.05, 0.1) is 5.60 Å². The van der Waals surface area contributed by atoms with Gasteiger partial charge in [0.2, 0.25) is 5.91 Å². The van der Waals surface area contributed by atoms with Crippen molar-refractivity contribution in [1.29, 1.82) is 0 Å². The summed E-state index contributed by atoms with van der Waals surface area (Å²) in [5.74, 6) is 0.245. The summed E-state index contributed by atoms with van der Waals surface area (Å²) in [4.78, 5) is 14.1. The highest BCUT2D eigenvalue weighted by molar-refractivity contribution is 5.78. The van der Waals surface area contributed by atoms with Crippen LogP contribution < -0.4 is 5.73 Å². The average Bonchev–Trinajstić information content (AvgIpc) is 2.74. The van der Waals surface area contributed by atoms with Crippen LogP contribution in [0.1, 0.15) is 51.4 Å². The molecule has 4 heteroatoms. The minimum atomic E-state index is -0.638. The third kappa shape index (κ3) is 3.23. The van der Waals surface area contributed by atoms with Crippen LogP contribution in [0.3, 0.4) is 0 Å². The lowest BCUT2D eigenvalue weighted by Gasteiger charge is -2.33. The Kier molecular flexibility index (Phi) is 4.28. The Morgan fingerprint density at radius 1 is 1.33 bits per heavy atom. The summed E-state index contributed by atoms with van der Waals surface area (Å²) in [5, 5.41) is 10.3. The van der Waals surface area contributed by atoms with Crippen molar-refractivity contribution in [2.45, 2.75) is 63.0 Å². The molecule has 0 aliphatic heterocycles. The van der Waals surface area contributed by atoms with Crippen LogP contribution in [0, 0.1) is 5.92 Å². The largest absolute Gasteiger partial charge is 0.388 e. The molecule has 2 atom stereocenters. The number of nitrogens with zero attached hydrogens (tertiary/aromatic N) is 1. The highest BCUT2D eigenvalue weighted by atomic mass is 16.3. The molecule has 104 valence electrons. The van der Waals surface area contributed by atoms with Crippen LogP contribution in [0.5, 0.6) is 0 Å². The lowest BCUT2D eigenvalue weighted by molar-refractivity contribution is -0.138. The number of carbonyl (C=O) groups is 1. The van der Waals surface area contributed by atoms with Gasteiger partial charge >= 0.3 is 0 Å². The standard InChI is InChI=1S/C14H26N2O2/c1-16(10-14(18)7-2-3-8-14)13(17)11-5-4-6-12(15)9-11/h11-12,18H,2-10,15H2,1H3. The predicted molar refractivity (Wildman–Crippen MR) is 71.0 cm³/mol. The van der Waals surface area contributed by atoms with Crippen molar-refractivity contribution in [3.05, 3.63) is 0 Å². The SMILES string of the molecule is CN(CC1(O)CCCC1)C(=O)C1CCCC(N)C1. The van der Waals surface area contributed by atoms with Gasteiger partial charge in [-0.25, -0.2) is 0 Å². The van der Waals surface area contributed by atoms with Crippen LogP contribution in [0.15, 0.2) is 0 Å². The van der Waals surface area contributed by atoms with Crippen molar-refractivity contribution < 1.29 is 9.90 Å². The highest BCUT2D eigenvalue weighted by Crippen LogP contribution is 2.31. The van der Waals surface area contributed by atoms with Crippen molar-refractivity contribution in [3.63, 3.8) is 0 Å². The highest BCUT2D eigenvalue weighted by Gasteiger charge is 2.35. The van der Waals surface area contributed by atoms with Crippen LogP contribution in [0.4, 0.5) is 0 Å². The Labute approximate surface area is 110 Å². The molecule has 0 heterocycles.